The van der Waals surface area contributed by atoms with Crippen molar-refractivity contribution < 1.29 is 33.3 Å². The van der Waals surface area contributed by atoms with Gasteiger partial charge in [-0.25, -0.2) is 0 Å². The molecule has 7 heteroatoms. The van der Waals surface area contributed by atoms with Crippen LogP contribution in [0, 0.1) is 11.3 Å². The molecule has 2 rings (SSSR count). The molecule has 7 nitrogen and oxygen atoms in total. The first-order valence-electron chi connectivity index (χ1n) is 9.18. The molecule has 1 aromatic carbocycles. The summed E-state index contributed by atoms with van der Waals surface area (Å²) < 4.78 is 20.4. The molecule has 0 N–H and O–H groups in total. The smallest absolute Gasteiger partial charge is 0.323 e. The lowest BCUT2D eigenvalue weighted by molar-refractivity contribution is -0.171. The lowest BCUT2D eigenvalue weighted by atomic mass is 9.85. The van der Waals surface area contributed by atoms with Crippen molar-refractivity contribution in [3.63, 3.8) is 0 Å². The number of methoxy groups -OCH3 is 2. The van der Waals surface area contributed by atoms with E-state index in [0.717, 1.165) is 5.56 Å². The molecule has 0 spiro atoms. The van der Waals surface area contributed by atoms with Crippen LogP contribution in [0.2, 0.25) is 0 Å². The molecule has 28 heavy (non-hydrogen) atoms. The zero-order valence-corrected chi connectivity index (χ0v) is 16.7. The van der Waals surface area contributed by atoms with Crippen molar-refractivity contribution in [1.82, 2.24) is 0 Å². The van der Waals surface area contributed by atoms with Crippen LogP contribution in [0.1, 0.15) is 32.3 Å². The van der Waals surface area contributed by atoms with Crippen molar-refractivity contribution in [3.05, 3.63) is 35.4 Å². The number of hydrogen-bond donors (Lipinski definition) is 0. The van der Waals surface area contributed by atoms with Gasteiger partial charge in [0.05, 0.1) is 33.4 Å². The zero-order chi connectivity index (χ0) is 20.7. The molecule has 0 saturated heterocycles. The number of carbonyl (C=O) groups excluding carboxylic acids is 3. The minimum absolute atomic E-state index is 0.0382. The summed E-state index contributed by atoms with van der Waals surface area (Å²) >= 11 is 0. The largest absolute Gasteiger partial charge is 0.497 e. The summed E-state index contributed by atoms with van der Waals surface area (Å²) in [5.74, 6) is -1.90. The average Bonchev–Trinajstić information content (AvgIpc) is 3.09. The zero-order valence-electron chi connectivity index (χ0n) is 16.7. The Hall–Kier alpha value is -2.83. The highest BCUT2D eigenvalue weighted by Gasteiger charge is 2.57. The molecule has 0 radical (unpaired) electrons. The normalized spacial score (nSPS) is 19.1. The maximum Gasteiger partial charge on any atom is 0.323 e. The first-order valence-corrected chi connectivity index (χ1v) is 9.18. The van der Waals surface area contributed by atoms with Crippen LogP contribution in [-0.4, -0.2) is 45.3 Å². The number of rotatable bonds is 7. The minimum Gasteiger partial charge on any atom is -0.497 e. The Labute approximate surface area is 164 Å². The fourth-order valence-electron chi connectivity index (χ4n) is 3.40. The van der Waals surface area contributed by atoms with E-state index < -0.39 is 29.2 Å². The quantitative estimate of drug-likeness (QED) is 0.402. The third-order valence-electron chi connectivity index (χ3n) is 4.79. The molecule has 0 aliphatic heterocycles. The van der Waals surface area contributed by atoms with Crippen LogP contribution in [0.4, 0.5) is 0 Å². The van der Waals surface area contributed by atoms with Crippen molar-refractivity contribution >= 4 is 24.0 Å². The van der Waals surface area contributed by atoms with E-state index in [1.54, 1.807) is 39.2 Å². The second-order valence-corrected chi connectivity index (χ2v) is 6.47. The summed E-state index contributed by atoms with van der Waals surface area (Å²) in [7, 11) is 2.85. The molecule has 1 unspecified atom stereocenters. The molecular formula is C21H26O7. The molecule has 152 valence electrons. The molecule has 1 aliphatic rings. The molecule has 1 fully saturated rings. The molecule has 1 aliphatic carbocycles. The molecular weight excluding hydrogens is 364 g/mol. The first-order chi connectivity index (χ1) is 13.4. The average molecular weight is 390 g/mol. The monoisotopic (exact) mass is 390 g/mol. The van der Waals surface area contributed by atoms with Gasteiger partial charge >= 0.3 is 17.9 Å². The summed E-state index contributed by atoms with van der Waals surface area (Å²) in [5, 5.41) is 0. The summed E-state index contributed by atoms with van der Waals surface area (Å²) in [6.07, 6.45) is 1.79. The third kappa shape index (κ3) is 4.35. The highest BCUT2D eigenvalue weighted by Crippen LogP contribution is 2.48. The topological polar surface area (TPSA) is 88.1 Å². The number of ether oxygens (including phenoxy) is 4. The number of benzene rings is 1. The highest BCUT2D eigenvalue weighted by atomic mass is 16.6. The van der Waals surface area contributed by atoms with Crippen molar-refractivity contribution in [3.8, 4) is 5.75 Å². The number of esters is 3. The van der Waals surface area contributed by atoms with Crippen molar-refractivity contribution in [2.45, 2.75) is 26.7 Å². The van der Waals surface area contributed by atoms with E-state index in [0.29, 0.717) is 11.3 Å². The van der Waals surface area contributed by atoms with Gasteiger partial charge in [-0.3, -0.25) is 14.4 Å². The Morgan fingerprint density at radius 1 is 1.04 bits per heavy atom. The number of carbonyl (C=O) groups is 3. The van der Waals surface area contributed by atoms with Gasteiger partial charge in [0, 0.05) is 0 Å². The third-order valence-corrected chi connectivity index (χ3v) is 4.79. The van der Waals surface area contributed by atoms with E-state index >= 15 is 0 Å². The van der Waals surface area contributed by atoms with E-state index in [4.69, 9.17) is 18.9 Å². The maximum absolute atomic E-state index is 12.7. The molecule has 1 aromatic rings. The van der Waals surface area contributed by atoms with Crippen LogP contribution < -0.4 is 4.74 Å². The van der Waals surface area contributed by atoms with Gasteiger partial charge in [0.2, 0.25) is 0 Å². The van der Waals surface area contributed by atoms with Crippen molar-refractivity contribution in [1.29, 1.82) is 0 Å². The molecule has 1 atom stereocenters. The van der Waals surface area contributed by atoms with Crippen LogP contribution in [0.15, 0.2) is 29.8 Å². The van der Waals surface area contributed by atoms with E-state index in [1.807, 2.05) is 12.1 Å². The molecule has 1 saturated carbocycles. The Morgan fingerprint density at radius 3 is 2.07 bits per heavy atom. The van der Waals surface area contributed by atoms with Crippen LogP contribution >= 0.6 is 0 Å². The second-order valence-electron chi connectivity index (χ2n) is 6.47. The fourth-order valence-corrected chi connectivity index (χ4v) is 3.40. The Morgan fingerprint density at radius 2 is 1.61 bits per heavy atom. The van der Waals surface area contributed by atoms with Gasteiger partial charge in [-0.1, -0.05) is 23.8 Å². The van der Waals surface area contributed by atoms with Gasteiger partial charge in [-0.2, -0.15) is 0 Å². The minimum atomic E-state index is -1.55. The predicted molar refractivity (Wildman–Crippen MR) is 101 cm³/mol. The van der Waals surface area contributed by atoms with E-state index in [2.05, 4.69) is 0 Å². The van der Waals surface area contributed by atoms with Crippen LogP contribution in [0.3, 0.4) is 0 Å². The van der Waals surface area contributed by atoms with Crippen LogP contribution in [0.25, 0.3) is 6.08 Å². The van der Waals surface area contributed by atoms with Gasteiger partial charge < -0.3 is 18.9 Å². The van der Waals surface area contributed by atoms with Gasteiger partial charge in [0.1, 0.15) is 5.75 Å². The molecule has 0 bridgehead atoms. The van der Waals surface area contributed by atoms with Gasteiger partial charge in [-0.15, -0.1) is 0 Å². The van der Waals surface area contributed by atoms with Crippen LogP contribution in [0.5, 0.6) is 5.75 Å². The van der Waals surface area contributed by atoms with Crippen LogP contribution in [-0.2, 0) is 28.6 Å². The predicted octanol–water partition coefficient (Wildman–Crippen LogP) is 2.77. The Kier molecular flexibility index (Phi) is 7.20. The fraction of sp³-hybridized carbons (Fsp3) is 0.476. The summed E-state index contributed by atoms with van der Waals surface area (Å²) in [6, 6.07) is 7.24. The summed E-state index contributed by atoms with van der Waals surface area (Å²) in [4.78, 5) is 37.8. The van der Waals surface area contributed by atoms with Crippen molar-refractivity contribution in [2.75, 3.05) is 27.4 Å². The second kappa shape index (κ2) is 9.39. The molecule has 0 amide bonds. The van der Waals surface area contributed by atoms with Gasteiger partial charge in [0.15, 0.2) is 5.41 Å². The van der Waals surface area contributed by atoms with Gasteiger partial charge in [0.25, 0.3) is 0 Å². The standard InChI is InChI=1S/C21H26O7/c1-5-27-19(23)21(20(24)28-6-2)12-15(17(13-21)18(22)26-4)11-14-7-9-16(25-3)10-8-14/h7-11,17H,5-6,12-13H2,1-4H3/b15-11+. The first kappa shape index (κ1) is 21.5. The lowest BCUT2D eigenvalue weighted by Crippen LogP contribution is -2.40. The summed E-state index contributed by atoms with van der Waals surface area (Å²) in [5.41, 5.74) is -0.116. The Balaban J connectivity index is 2.47. The maximum atomic E-state index is 12.7. The molecule has 0 heterocycles. The summed E-state index contributed by atoms with van der Waals surface area (Å²) in [6.45, 7) is 3.58. The Bertz CT molecular complexity index is 731. The number of hydrogen-bond acceptors (Lipinski definition) is 7. The lowest BCUT2D eigenvalue weighted by Gasteiger charge is -2.24. The van der Waals surface area contributed by atoms with E-state index in [9.17, 15) is 14.4 Å². The van der Waals surface area contributed by atoms with E-state index in [-0.39, 0.29) is 26.1 Å². The van der Waals surface area contributed by atoms with Gasteiger partial charge in [-0.05, 0) is 44.4 Å². The van der Waals surface area contributed by atoms with E-state index in [1.165, 1.54) is 7.11 Å². The highest BCUT2D eigenvalue weighted by molar-refractivity contribution is 6.02. The molecule has 0 aromatic heterocycles. The SMILES string of the molecule is CCOC(=O)C1(C(=O)OCC)C/C(=C\c2ccc(OC)cc2)C(C(=O)OC)C1. The van der Waals surface area contributed by atoms with Crippen molar-refractivity contribution in [2.24, 2.45) is 11.3 Å².